The van der Waals surface area contributed by atoms with Crippen LogP contribution in [0.25, 0.3) is 0 Å². The van der Waals surface area contributed by atoms with Crippen LogP contribution >= 0.6 is 0 Å². The van der Waals surface area contributed by atoms with E-state index in [1.165, 1.54) is 17.4 Å². The zero-order valence-corrected chi connectivity index (χ0v) is 6.99. The predicted octanol–water partition coefficient (Wildman–Crippen LogP) is 2.83. The highest BCUT2D eigenvalue weighted by molar-refractivity contribution is 5.33. The molecule has 1 nitrogen and oxygen atoms in total. The maximum absolute atomic E-state index is 5.39. The zero-order valence-electron chi connectivity index (χ0n) is 6.99. The largest absolute Gasteiger partial charge is 0.494 e. The molecule has 0 saturated heterocycles. The summed E-state index contributed by atoms with van der Waals surface area (Å²) in [5.74, 6) is 0. The molecule has 2 rings (SSSR count). The van der Waals surface area contributed by atoms with Crippen molar-refractivity contribution in [2.75, 3.05) is 0 Å². The quantitative estimate of drug-likeness (QED) is 0.604. The molecule has 0 saturated carbocycles. The van der Waals surface area contributed by atoms with E-state index in [0.717, 1.165) is 12.8 Å². The van der Waals surface area contributed by atoms with Gasteiger partial charge in [0.2, 0.25) is 0 Å². The molecular weight excluding hydrogens is 148 g/mol. The molecular formula is C11H12O. The van der Waals surface area contributed by atoms with Gasteiger partial charge in [-0.25, -0.2) is 0 Å². The first-order valence-corrected chi connectivity index (χ1v) is 4.26. The molecule has 1 aromatic carbocycles. The van der Waals surface area contributed by atoms with Crippen molar-refractivity contribution >= 4 is 0 Å². The number of fused-ring (bicyclic) bond motifs is 1. The van der Waals surface area contributed by atoms with Crippen LogP contribution in [0.1, 0.15) is 23.7 Å². The van der Waals surface area contributed by atoms with Crippen molar-refractivity contribution in [3.8, 4) is 0 Å². The third-order valence-corrected chi connectivity index (χ3v) is 2.34. The van der Waals surface area contributed by atoms with Crippen LogP contribution in [0.5, 0.6) is 0 Å². The lowest BCUT2D eigenvalue weighted by molar-refractivity contribution is 0.148. The van der Waals surface area contributed by atoms with Crippen molar-refractivity contribution in [2.24, 2.45) is 0 Å². The lowest BCUT2D eigenvalue weighted by Crippen LogP contribution is -1.93. The Bertz CT molecular complexity index is 291. The number of hydrogen-bond acceptors (Lipinski definition) is 1. The predicted molar refractivity (Wildman–Crippen MR) is 48.8 cm³/mol. The van der Waals surface area contributed by atoms with Crippen LogP contribution in [0.4, 0.5) is 0 Å². The molecule has 1 heteroatoms. The minimum atomic E-state index is 0.249. The van der Waals surface area contributed by atoms with Crippen LogP contribution in [0.15, 0.2) is 37.1 Å². The van der Waals surface area contributed by atoms with Gasteiger partial charge in [0.05, 0.1) is 6.26 Å². The minimum Gasteiger partial charge on any atom is -0.494 e. The van der Waals surface area contributed by atoms with E-state index in [-0.39, 0.29) is 6.10 Å². The standard InChI is InChI=1S/C11H12O/c1-2-12-11-8-7-9-5-3-4-6-10(9)11/h2-6,11H,1,7-8H2. The second-order valence-electron chi connectivity index (χ2n) is 3.03. The fourth-order valence-electron chi connectivity index (χ4n) is 1.78. The van der Waals surface area contributed by atoms with E-state index in [9.17, 15) is 0 Å². The molecule has 0 aromatic heterocycles. The molecule has 0 radical (unpaired) electrons. The number of ether oxygens (including phenoxy) is 1. The Morgan fingerprint density at radius 2 is 2.25 bits per heavy atom. The highest BCUT2D eigenvalue weighted by atomic mass is 16.5. The van der Waals surface area contributed by atoms with Crippen LogP contribution in [0.2, 0.25) is 0 Å². The van der Waals surface area contributed by atoms with Crippen LogP contribution < -0.4 is 0 Å². The molecule has 1 aromatic rings. The van der Waals surface area contributed by atoms with Gasteiger partial charge in [0, 0.05) is 0 Å². The van der Waals surface area contributed by atoms with Crippen LogP contribution in [-0.2, 0) is 11.2 Å². The Morgan fingerprint density at radius 1 is 1.42 bits per heavy atom. The Balaban J connectivity index is 2.29. The molecule has 1 unspecified atom stereocenters. The van der Waals surface area contributed by atoms with E-state index in [2.05, 4.69) is 30.8 Å². The number of benzene rings is 1. The summed E-state index contributed by atoms with van der Waals surface area (Å²) in [6.07, 6.45) is 4.01. The lowest BCUT2D eigenvalue weighted by atomic mass is 10.1. The molecule has 1 aliphatic carbocycles. The van der Waals surface area contributed by atoms with E-state index >= 15 is 0 Å². The van der Waals surface area contributed by atoms with Crippen LogP contribution in [0, 0.1) is 0 Å². The summed E-state index contributed by atoms with van der Waals surface area (Å²) in [6, 6.07) is 8.44. The third-order valence-electron chi connectivity index (χ3n) is 2.34. The van der Waals surface area contributed by atoms with E-state index in [1.54, 1.807) is 0 Å². The Hall–Kier alpha value is -1.24. The number of hydrogen-bond donors (Lipinski definition) is 0. The second-order valence-corrected chi connectivity index (χ2v) is 3.03. The third kappa shape index (κ3) is 1.11. The van der Waals surface area contributed by atoms with Crippen molar-refractivity contribution in [3.63, 3.8) is 0 Å². The van der Waals surface area contributed by atoms with Crippen molar-refractivity contribution in [1.82, 2.24) is 0 Å². The molecule has 0 bridgehead atoms. The summed E-state index contributed by atoms with van der Waals surface area (Å²) in [5.41, 5.74) is 2.75. The van der Waals surface area contributed by atoms with Gasteiger partial charge in [0.1, 0.15) is 6.10 Å². The van der Waals surface area contributed by atoms with Crippen molar-refractivity contribution in [1.29, 1.82) is 0 Å². The molecule has 12 heavy (non-hydrogen) atoms. The van der Waals surface area contributed by atoms with Gasteiger partial charge in [-0.05, 0) is 24.0 Å². The van der Waals surface area contributed by atoms with Gasteiger partial charge in [0.15, 0.2) is 0 Å². The van der Waals surface area contributed by atoms with Crippen LogP contribution in [-0.4, -0.2) is 0 Å². The van der Waals surface area contributed by atoms with E-state index in [0.29, 0.717) is 0 Å². The smallest absolute Gasteiger partial charge is 0.123 e. The fraction of sp³-hybridized carbons (Fsp3) is 0.273. The molecule has 0 aliphatic heterocycles. The molecule has 0 spiro atoms. The van der Waals surface area contributed by atoms with Crippen molar-refractivity contribution < 1.29 is 4.74 Å². The van der Waals surface area contributed by atoms with Crippen LogP contribution in [0.3, 0.4) is 0 Å². The van der Waals surface area contributed by atoms with Gasteiger partial charge in [-0.2, -0.15) is 0 Å². The molecule has 0 amide bonds. The summed E-state index contributed by atoms with van der Waals surface area (Å²) in [7, 11) is 0. The van der Waals surface area contributed by atoms with Gasteiger partial charge >= 0.3 is 0 Å². The number of aryl methyl sites for hydroxylation is 1. The maximum atomic E-state index is 5.39. The highest BCUT2D eigenvalue weighted by Gasteiger charge is 2.21. The van der Waals surface area contributed by atoms with E-state index in [1.807, 2.05) is 0 Å². The first kappa shape index (κ1) is 7.41. The number of rotatable bonds is 2. The first-order valence-electron chi connectivity index (χ1n) is 4.26. The Morgan fingerprint density at radius 3 is 3.08 bits per heavy atom. The molecule has 0 heterocycles. The van der Waals surface area contributed by atoms with Crippen molar-refractivity contribution in [2.45, 2.75) is 18.9 Å². The highest BCUT2D eigenvalue weighted by Crippen LogP contribution is 2.33. The molecule has 1 atom stereocenters. The van der Waals surface area contributed by atoms with Gasteiger partial charge in [0.25, 0.3) is 0 Å². The van der Waals surface area contributed by atoms with Crippen molar-refractivity contribution in [3.05, 3.63) is 48.2 Å². The van der Waals surface area contributed by atoms with Gasteiger partial charge in [-0.3, -0.25) is 0 Å². The molecule has 0 N–H and O–H groups in total. The average Bonchev–Trinajstić information content (AvgIpc) is 2.50. The second kappa shape index (κ2) is 3.02. The summed E-state index contributed by atoms with van der Waals surface area (Å²) in [5, 5.41) is 0. The van der Waals surface area contributed by atoms with E-state index in [4.69, 9.17) is 4.74 Å². The Kier molecular flexibility index (Phi) is 1.86. The summed E-state index contributed by atoms with van der Waals surface area (Å²) in [6.45, 7) is 3.57. The topological polar surface area (TPSA) is 9.23 Å². The summed E-state index contributed by atoms with van der Waals surface area (Å²) < 4.78 is 5.39. The Labute approximate surface area is 72.7 Å². The monoisotopic (exact) mass is 160 g/mol. The average molecular weight is 160 g/mol. The molecule has 62 valence electrons. The minimum absolute atomic E-state index is 0.249. The fourth-order valence-corrected chi connectivity index (χ4v) is 1.78. The molecule has 0 fully saturated rings. The summed E-state index contributed by atoms with van der Waals surface area (Å²) >= 11 is 0. The first-order chi connectivity index (χ1) is 5.92. The SMILES string of the molecule is C=COC1CCc2ccccc21. The van der Waals surface area contributed by atoms with Gasteiger partial charge in [-0.1, -0.05) is 30.8 Å². The van der Waals surface area contributed by atoms with Gasteiger partial charge in [-0.15, -0.1) is 0 Å². The summed E-state index contributed by atoms with van der Waals surface area (Å²) in [4.78, 5) is 0. The lowest BCUT2D eigenvalue weighted by Gasteiger charge is -2.09. The van der Waals surface area contributed by atoms with Gasteiger partial charge < -0.3 is 4.74 Å². The molecule has 1 aliphatic rings. The van der Waals surface area contributed by atoms with E-state index < -0.39 is 0 Å². The normalized spacial score (nSPS) is 20.2. The zero-order chi connectivity index (χ0) is 8.39. The maximum Gasteiger partial charge on any atom is 0.123 e.